The molecular formula is C44H58F2N8O12S. The second-order valence-electron chi connectivity index (χ2n) is 16.5. The van der Waals surface area contributed by atoms with Crippen molar-refractivity contribution in [3.63, 3.8) is 0 Å². The molecule has 20 nitrogen and oxygen atoms in total. The van der Waals surface area contributed by atoms with E-state index in [1.807, 2.05) is 55.7 Å². The number of hydrogen-bond donors (Lipinski definition) is 10. The van der Waals surface area contributed by atoms with Crippen molar-refractivity contribution in [3.8, 4) is 11.1 Å². The Morgan fingerprint density at radius 1 is 0.821 bits per heavy atom. The number of hydrogen-bond acceptors (Lipinski definition) is 12. The topological polar surface area (TPSA) is 326 Å². The molecule has 0 saturated heterocycles. The lowest BCUT2D eigenvalue weighted by atomic mass is 9.82. The van der Waals surface area contributed by atoms with Gasteiger partial charge in [0.1, 0.15) is 30.3 Å². The lowest BCUT2D eigenvalue weighted by molar-refractivity contribution is -0.140. The van der Waals surface area contributed by atoms with E-state index >= 15 is 4.39 Å². The number of nitrogens with zero attached hydrogens (tertiary/aromatic N) is 2. The molecule has 12 N–H and O–H groups in total. The molecule has 5 amide bonds. The minimum atomic E-state index is -1.42. The maximum Gasteiger partial charge on any atom is 0.321 e. The second kappa shape index (κ2) is 26.0. The molecule has 0 aliphatic heterocycles. The standard InChI is InChI=1S/C44H58F2N8O12S/c1-44(2,3)39(33-17-26(28-18-27(45)9-10-29(28)46)22-53(33)21-25-7-5-4-6-8-25)54(36(57)23-55)16-13-30(47)40(62)49-14-15-50-41(63)32(11-12-37(58)59)52-35(56)20-51-42(64)34(19-38(60)61)67-24-31(48)43(65)66/h4-10,17-18,22,30-32,34,39,55H,11-16,19-21,23-24,47-48H2,1-3H3,(H,49,62)(H,50,63)(H,51,64)(H,52,56)(H,58,59)(H,60,61)(H,65,66)/t30-,31-,32+,34-,39-/m0/s1. The zero-order valence-electron chi connectivity index (χ0n) is 37.2. The van der Waals surface area contributed by atoms with Gasteiger partial charge in [-0.2, -0.15) is 0 Å². The molecule has 0 aliphatic rings. The molecule has 67 heavy (non-hydrogen) atoms. The minimum Gasteiger partial charge on any atom is -0.481 e. The molecule has 366 valence electrons. The van der Waals surface area contributed by atoms with Crippen LogP contribution in [0.25, 0.3) is 11.1 Å². The van der Waals surface area contributed by atoms with Gasteiger partial charge in [0, 0.05) is 61.4 Å². The molecular weight excluding hydrogens is 903 g/mol. The van der Waals surface area contributed by atoms with Crippen molar-refractivity contribution in [2.75, 3.05) is 38.5 Å². The first kappa shape index (κ1) is 54.9. The second-order valence-corrected chi connectivity index (χ2v) is 17.8. The van der Waals surface area contributed by atoms with Crippen molar-refractivity contribution in [2.24, 2.45) is 16.9 Å². The van der Waals surface area contributed by atoms with Crippen molar-refractivity contribution in [1.29, 1.82) is 0 Å². The molecule has 0 aliphatic carbocycles. The van der Waals surface area contributed by atoms with Gasteiger partial charge in [-0.1, -0.05) is 51.1 Å². The van der Waals surface area contributed by atoms with Crippen LogP contribution in [0.15, 0.2) is 60.8 Å². The molecule has 1 heterocycles. The highest BCUT2D eigenvalue weighted by Crippen LogP contribution is 2.41. The largest absolute Gasteiger partial charge is 0.481 e. The number of aliphatic hydroxyl groups excluding tert-OH is 1. The summed E-state index contributed by atoms with van der Waals surface area (Å²) in [5.41, 5.74) is 12.7. The number of carbonyl (C=O) groups is 8. The minimum absolute atomic E-state index is 0.000704. The number of amides is 5. The van der Waals surface area contributed by atoms with Crippen LogP contribution < -0.4 is 32.7 Å². The monoisotopic (exact) mass is 960 g/mol. The highest BCUT2D eigenvalue weighted by molar-refractivity contribution is 8.00. The van der Waals surface area contributed by atoms with Crippen molar-refractivity contribution < 1.29 is 67.6 Å². The van der Waals surface area contributed by atoms with E-state index in [0.717, 1.165) is 23.8 Å². The maximum atomic E-state index is 15.1. The zero-order chi connectivity index (χ0) is 50.0. The Morgan fingerprint density at radius 3 is 2.07 bits per heavy atom. The number of aliphatic carboxylic acids is 3. The van der Waals surface area contributed by atoms with Crippen LogP contribution in [0, 0.1) is 17.0 Å². The molecule has 1 aromatic heterocycles. The Balaban J connectivity index is 1.67. The number of carbonyl (C=O) groups excluding carboxylic acids is 5. The zero-order valence-corrected chi connectivity index (χ0v) is 38.0. The molecule has 5 atom stereocenters. The van der Waals surface area contributed by atoms with Crippen LogP contribution in [-0.2, 0) is 44.9 Å². The van der Waals surface area contributed by atoms with E-state index in [2.05, 4.69) is 21.3 Å². The SMILES string of the molecule is CC(C)(C)[C@H](c1cc(-c2cc(F)ccc2F)cn1Cc1ccccc1)N(CC[C@H](N)C(=O)NCCNC(=O)[C@@H](CCC(=O)O)NC(=O)CNC(=O)[C@H](CC(=O)O)SC[C@H](N)C(=O)O)C(=O)CO. The van der Waals surface area contributed by atoms with Gasteiger partial charge in [-0.3, -0.25) is 38.4 Å². The molecule has 0 radical (unpaired) electrons. The third-order valence-electron chi connectivity index (χ3n) is 10.1. The summed E-state index contributed by atoms with van der Waals surface area (Å²) in [4.78, 5) is 100. The molecule has 0 bridgehead atoms. The fourth-order valence-corrected chi connectivity index (χ4v) is 7.95. The Bertz CT molecular complexity index is 2230. The average Bonchev–Trinajstić information content (AvgIpc) is 3.67. The van der Waals surface area contributed by atoms with Gasteiger partial charge in [-0.25, -0.2) is 8.78 Å². The number of nitrogens with one attached hydrogen (secondary N) is 4. The van der Waals surface area contributed by atoms with Gasteiger partial charge >= 0.3 is 17.9 Å². The molecule has 3 aromatic rings. The van der Waals surface area contributed by atoms with Crippen LogP contribution in [0.1, 0.15) is 63.8 Å². The highest BCUT2D eigenvalue weighted by Gasteiger charge is 2.37. The lowest BCUT2D eigenvalue weighted by Crippen LogP contribution is -2.51. The normalized spacial score (nSPS) is 13.6. The van der Waals surface area contributed by atoms with Gasteiger partial charge in [0.2, 0.25) is 29.5 Å². The number of aliphatic hydroxyl groups is 1. The number of carboxylic acids is 3. The molecule has 0 unspecified atom stereocenters. The van der Waals surface area contributed by atoms with Crippen molar-refractivity contribution >= 4 is 59.2 Å². The van der Waals surface area contributed by atoms with E-state index in [1.54, 1.807) is 12.3 Å². The Morgan fingerprint density at radius 2 is 1.48 bits per heavy atom. The van der Waals surface area contributed by atoms with E-state index < -0.39 is 120 Å². The Hall–Kier alpha value is -6.43. The third-order valence-corrected chi connectivity index (χ3v) is 11.5. The quantitative estimate of drug-likeness (QED) is 0.0473. The predicted octanol–water partition coefficient (Wildman–Crippen LogP) is 0.794. The average molecular weight is 961 g/mol. The van der Waals surface area contributed by atoms with Crippen LogP contribution >= 0.6 is 11.8 Å². The first-order chi connectivity index (χ1) is 31.5. The van der Waals surface area contributed by atoms with Crippen molar-refractivity contribution in [2.45, 2.75) is 82.4 Å². The van der Waals surface area contributed by atoms with Crippen LogP contribution in [0.2, 0.25) is 0 Å². The number of aromatic nitrogens is 1. The number of nitrogens with two attached hydrogens (primary N) is 2. The summed E-state index contributed by atoms with van der Waals surface area (Å²) in [5.74, 6) is -9.72. The molecule has 0 saturated carbocycles. The van der Waals surface area contributed by atoms with Crippen LogP contribution in [-0.4, -0.2) is 139 Å². The third kappa shape index (κ3) is 17.7. The molecule has 23 heteroatoms. The Labute approximate surface area is 389 Å². The summed E-state index contributed by atoms with van der Waals surface area (Å²) >= 11 is 0.657. The summed E-state index contributed by atoms with van der Waals surface area (Å²) < 4.78 is 31.3. The molecule has 0 spiro atoms. The Kier molecular flexibility index (Phi) is 21.3. The first-order valence-corrected chi connectivity index (χ1v) is 22.1. The fourth-order valence-electron chi connectivity index (χ4n) is 6.88. The number of carboxylic acid groups (broad SMARTS) is 3. The molecule has 0 fully saturated rings. The number of rotatable bonds is 27. The van der Waals surface area contributed by atoms with Gasteiger partial charge in [0.25, 0.3) is 0 Å². The molecule has 2 aromatic carbocycles. The van der Waals surface area contributed by atoms with E-state index in [-0.39, 0.29) is 50.3 Å². The van der Waals surface area contributed by atoms with Crippen LogP contribution in [0.4, 0.5) is 8.78 Å². The van der Waals surface area contributed by atoms with E-state index in [4.69, 9.17) is 21.7 Å². The smallest absolute Gasteiger partial charge is 0.321 e. The highest BCUT2D eigenvalue weighted by atomic mass is 32.2. The number of halogens is 2. The van der Waals surface area contributed by atoms with Crippen LogP contribution in [0.5, 0.6) is 0 Å². The summed E-state index contributed by atoms with van der Waals surface area (Å²) in [6, 6.07) is 9.26. The van der Waals surface area contributed by atoms with Gasteiger partial charge in [-0.15, -0.1) is 11.8 Å². The summed E-state index contributed by atoms with van der Waals surface area (Å²) in [6.45, 7) is 3.70. The number of benzene rings is 2. The molecule has 3 rings (SSSR count). The fraction of sp³-hybridized carbons (Fsp3) is 0.455. The van der Waals surface area contributed by atoms with E-state index in [0.29, 0.717) is 23.0 Å². The predicted molar refractivity (Wildman–Crippen MR) is 241 cm³/mol. The van der Waals surface area contributed by atoms with Crippen molar-refractivity contribution in [3.05, 3.63) is 83.7 Å². The van der Waals surface area contributed by atoms with Gasteiger partial charge < -0.3 is 62.6 Å². The van der Waals surface area contributed by atoms with Crippen molar-refractivity contribution in [1.82, 2.24) is 30.7 Å². The van der Waals surface area contributed by atoms with Crippen LogP contribution in [0.3, 0.4) is 0 Å². The van der Waals surface area contributed by atoms with Gasteiger partial charge in [-0.05, 0) is 48.1 Å². The van der Waals surface area contributed by atoms with E-state index in [1.165, 1.54) is 4.90 Å². The van der Waals surface area contributed by atoms with E-state index in [9.17, 15) is 53.0 Å². The van der Waals surface area contributed by atoms with Gasteiger partial charge in [0.05, 0.1) is 30.3 Å². The van der Waals surface area contributed by atoms with Gasteiger partial charge in [0.15, 0.2) is 0 Å². The summed E-state index contributed by atoms with van der Waals surface area (Å²) in [5, 5.41) is 45.7. The maximum absolute atomic E-state index is 15.1. The lowest BCUT2D eigenvalue weighted by Gasteiger charge is -2.41. The number of thioether (sulfide) groups is 1. The summed E-state index contributed by atoms with van der Waals surface area (Å²) in [6.07, 6.45) is -0.0810. The summed E-state index contributed by atoms with van der Waals surface area (Å²) in [7, 11) is 0. The first-order valence-electron chi connectivity index (χ1n) is 21.0.